The van der Waals surface area contributed by atoms with E-state index in [4.69, 9.17) is 21.2 Å². The SMILES string of the molecule is CCOC(=O)N(CC)Oc1cc(Cl)ccc1[N+](=O)[O-]. The van der Waals surface area contributed by atoms with Crippen molar-refractivity contribution < 1.29 is 19.3 Å². The first-order chi connectivity index (χ1) is 8.99. The van der Waals surface area contributed by atoms with Crippen LogP contribution in [0, 0.1) is 10.1 Å². The molecule has 0 radical (unpaired) electrons. The molecule has 0 atom stereocenters. The smallest absolute Gasteiger partial charge is 0.443 e. The molecule has 0 heterocycles. The zero-order valence-corrected chi connectivity index (χ0v) is 11.2. The van der Waals surface area contributed by atoms with Crippen LogP contribution >= 0.6 is 11.6 Å². The molecule has 0 bridgehead atoms. The number of hydroxylamine groups is 2. The van der Waals surface area contributed by atoms with E-state index in [-0.39, 0.29) is 29.6 Å². The minimum absolute atomic E-state index is 0.118. The second-order valence-electron chi connectivity index (χ2n) is 3.35. The molecule has 7 nitrogen and oxygen atoms in total. The van der Waals surface area contributed by atoms with Gasteiger partial charge in [0.05, 0.1) is 18.1 Å². The molecule has 1 aromatic rings. The lowest BCUT2D eigenvalue weighted by Gasteiger charge is -2.19. The Labute approximate surface area is 114 Å². The van der Waals surface area contributed by atoms with Gasteiger partial charge in [0.1, 0.15) is 0 Å². The lowest BCUT2D eigenvalue weighted by atomic mass is 10.3. The Bertz CT molecular complexity index is 480. The van der Waals surface area contributed by atoms with E-state index in [1.807, 2.05) is 0 Å². The van der Waals surface area contributed by atoms with Crippen molar-refractivity contribution in [2.24, 2.45) is 0 Å². The van der Waals surface area contributed by atoms with Crippen LogP contribution in [0.2, 0.25) is 5.02 Å². The van der Waals surface area contributed by atoms with Crippen molar-refractivity contribution in [3.05, 3.63) is 33.3 Å². The normalized spacial score (nSPS) is 9.84. The van der Waals surface area contributed by atoms with Gasteiger partial charge in [-0.15, -0.1) is 5.06 Å². The molecule has 19 heavy (non-hydrogen) atoms. The van der Waals surface area contributed by atoms with E-state index in [1.165, 1.54) is 18.2 Å². The van der Waals surface area contributed by atoms with Crippen molar-refractivity contribution in [2.75, 3.05) is 13.2 Å². The number of ether oxygens (including phenoxy) is 1. The van der Waals surface area contributed by atoms with E-state index < -0.39 is 11.0 Å². The molecule has 1 rings (SSSR count). The molecule has 104 valence electrons. The van der Waals surface area contributed by atoms with Crippen LogP contribution in [0.4, 0.5) is 10.5 Å². The number of benzene rings is 1. The summed E-state index contributed by atoms with van der Waals surface area (Å²) in [6.45, 7) is 3.64. The zero-order chi connectivity index (χ0) is 14.4. The van der Waals surface area contributed by atoms with Gasteiger partial charge in [0.25, 0.3) is 0 Å². The van der Waals surface area contributed by atoms with Crippen LogP contribution < -0.4 is 4.84 Å². The monoisotopic (exact) mass is 288 g/mol. The van der Waals surface area contributed by atoms with E-state index >= 15 is 0 Å². The van der Waals surface area contributed by atoms with Crippen LogP contribution in [0.3, 0.4) is 0 Å². The summed E-state index contributed by atoms with van der Waals surface area (Å²) in [6, 6.07) is 3.84. The summed E-state index contributed by atoms with van der Waals surface area (Å²) in [5, 5.41) is 12.0. The number of rotatable bonds is 5. The lowest BCUT2D eigenvalue weighted by Crippen LogP contribution is -2.34. The maximum atomic E-state index is 11.5. The molecule has 0 aliphatic rings. The van der Waals surface area contributed by atoms with Gasteiger partial charge in [-0.2, -0.15) is 0 Å². The number of carbonyl (C=O) groups is 1. The summed E-state index contributed by atoms with van der Waals surface area (Å²) in [4.78, 5) is 26.9. The van der Waals surface area contributed by atoms with Gasteiger partial charge in [-0.25, -0.2) is 4.79 Å². The highest BCUT2D eigenvalue weighted by Crippen LogP contribution is 2.30. The van der Waals surface area contributed by atoms with Crippen molar-refractivity contribution >= 4 is 23.4 Å². The quantitative estimate of drug-likeness (QED) is 0.614. The molecule has 0 aliphatic heterocycles. The number of nitro benzene ring substituents is 1. The summed E-state index contributed by atoms with van der Waals surface area (Å²) < 4.78 is 4.76. The molecule has 0 spiro atoms. The largest absolute Gasteiger partial charge is 0.448 e. The molecule has 1 aromatic carbocycles. The Hall–Kier alpha value is -2.02. The average molecular weight is 289 g/mol. The first kappa shape index (κ1) is 15.0. The highest BCUT2D eigenvalue weighted by atomic mass is 35.5. The zero-order valence-electron chi connectivity index (χ0n) is 10.5. The van der Waals surface area contributed by atoms with Crippen molar-refractivity contribution in [1.29, 1.82) is 0 Å². The van der Waals surface area contributed by atoms with Gasteiger partial charge in [-0.1, -0.05) is 11.6 Å². The van der Waals surface area contributed by atoms with Gasteiger partial charge in [0.2, 0.25) is 5.75 Å². The van der Waals surface area contributed by atoms with Gasteiger partial charge >= 0.3 is 11.8 Å². The maximum absolute atomic E-state index is 11.5. The third-order valence-corrected chi connectivity index (χ3v) is 2.32. The number of hydrogen-bond acceptors (Lipinski definition) is 5. The van der Waals surface area contributed by atoms with Crippen molar-refractivity contribution in [2.45, 2.75) is 13.8 Å². The van der Waals surface area contributed by atoms with E-state index in [2.05, 4.69) is 0 Å². The molecule has 0 saturated carbocycles. The van der Waals surface area contributed by atoms with E-state index in [0.29, 0.717) is 0 Å². The predicted molar refractivity (Wildman–Crippen MR) is 68.1 cm³/mol. The first-order valence-electron chi connectivity index (χ1n) is 5.55. The molecular formula is C11H13ClN2O5. The fourth-order valence-electron chi connectivity index (χ4n) is 1.26. The number of amides is 1. The lowest BCUT2D eigenvalue weighted by molar-refractivity contribution is -0.386. The molecule has 1 amide bonds. The van der Waals surface area contributed by atoms with Crippen LogP contribution in [-0.2, 0) is 4.74 Å². The standard InChI is InChI=1S/C11H13ClN2O5/c1-3-13(11(15)18-4-2)19-10-7-8(12)5-6-9(10)14(16)17/h5-7H,3-4H2,1-2H3. The molecule has 0 fully saturated rings. The maximum Gasteiger partial charge on any atom is 0.443 e. The number of hydrogen-bond donors (Lipinski definition) is 0. The van der Waals surface area contributed by atoms with Crippen LogP contribution in [0.15, 0.2) is 18.2 Å². The summed E-state index contributed by atoms with van der Waals surface area (Å²) in [6.07, 6.45) is -0.723. The Morgan fingerprint density at radius 1 is 1.47 bits per heavy atom. The third kappa shape index (κ3) is 3.99. The van der Waals surface area contributed by atoms with Gasteiger partial charge in [0.15, 0.2) is 0 Å². The summed E-state index contributed by atoms with van der Waals surface area (Å²) in [5.41, 5.74) is -0.285. The topological polar surface area (TPSA) is 81.9 Å². The summed E-state index contributed by atoms with van der Waals surface area (Å²) >= 11 is 5.75. The fourth-order valence-corrected chi connectivity index (χ4v) is 1.42. The second kappa shape index (κ2) is 6.79. The van der Waals surface area contributed by atoms with Gasteiger partial charge in [-0.05, 0) is 19.9 Å². The number of nitrogens with zero attached hydrogens (tertiary/aromatic N) is 2. The van der Waals surface area contributed by atoms with E-state index in [1.54, 1.807) is 13.8 Å². The molecular weight excluding hydrogens is 276 g/mol. The molecule has 8 heteroatoms. The Balaban J connectivity index is 2.99. The Morgan fingerprint density at radius 2 is 2.16 bits per heavy atom. The molecule has 0 aliphatic carbocycles. The van der Waals surface area contributed by atoms with Crippen LogP contribution in [0.1, 0.15) is 13.8 Å². The molecule has 0 unspecified atom stereocenters. The summed E-state index contributed by atoms with van der Waals surface area (Å²) in [7, 11) is 0. The molecule has 0 saturated heterocycles. The van der Waals surface area contributed by atoms with Crippen LogP contribution in [0.5, 0.6) is 5.75 Å². The van der Waals surface area contributed by atoms with Gasteiger partial charge < -0.3 is 9.57 Å². The Morgan fingerprint density at radius 3 is 2.68 bits per heavy atom. The van der Waals surface area contributed by atoms with E-state index in [0.717, 1.165) is 5.06 Å². The molecule has 0 N–H and O–H groups in total. The predicted octanol–water partition coefficient (Wildman–Crippen LogP) is 3.02. The number of nitro groups is 1. The molecule has 0 aromatic heterocycles. The van der Waals surface area contributed by atoms with Gasteiger partial charge in [-0.3, -0.25) is 10.1 Å². The van der Waals surface area contributed by atoms with E-state index in [9.17, 15) is 14.9 Å². The summed E-state index contributed by atoms with van der Waals surface area (Å²) in [5.74, 6) is -0.118. The van der Waals surface area contributed by atoms with Crippen molar-refractivity contribution in [1.82, 2.24) is 5.06 Å². The highest BCUT2D eigenvalue weighted by Gasteiger charge is 2.21. The Kier molecular flexibility index (Phi) is 5.37. The minimum atomic E-state index is -0.723. The number of carbonyl (C=O) groups excluding carboxylic acids is 1. The van der Waals surface area contributed by atoms with Crippen molar-refractivity contribution in [3.8, 4) is 5.75 Å². The highest BCUT2D eigenvalue weighted by molar-refractivity contribution is 6.30. The minimum Gasteiger partial charge on any atom is -0.448 e. The number of halogens is 1. The van der Waals surface area contributed by atoms with Crippen LogP contribution in [-0.4, -0.2) is 29.2 Å². The van der Waals surface area contributed by atoms with Crippen LogP contribution in [0.25, 0.3) is 0 Å². The first-order valence-corrected chi connectivity index (χ1v) is 5.93. The fraction of sp³-hybridized carbons (Fsp3) is 0.364. The van der Waals surface area contributed by atoms with Crippen molar-refractivity contribution in [3.63, 3.8) is 0 Å². The third-order valence-electron chi connectivity index (χ3n) is 2.09. The van der Waals surface area contributed by atoms with Gasteiger partial charge in [0, 0.05) is 17.2 Å². The second-order valence-corrected chi connectivity index (χ2v) is 3.79. The average Bonchev–Trinajstić information content (AvgIpc) is 2.35.